The third-order valence-corrected chi connectivity index (χ3v) is 7.22. The fourth-order valence-electron chi connectivity index (χ4n) is 4.89. The number of nitrogens with one attached hydrogen (secondary N) is 2. The smallest absolute Gasteiger partial charge is 0.252 e. The lowest BCUT2D eigenvalue weighted by atomic mass is 9.96. The van der Waals surface area contributed by atoms with Crippen molar-refractivity contribution in [2.75, 3.05) is 48.6 Å². The van der Waals surface area contributed by atoms with Gasteiger partial charge < -0.3 is 34.5 Å². The summed E-state index contributed by atoms with van der Waals surface area (Å²) in [6, 6.07) is 10.3. The quantitative estimate of drug-likeness (QED) is 0.412. The van der Waals surface area contributed by atoms with Gasteiger partial charge in [-0.05, 0) is 51.6 Å². The van der Waals surface area contributed by atoms with Crippen LogP contribution in [-0.4, -0.2) is 76.9 Å². The molecule has 2 aromatic rings. The molecule has 0 radical (unpaired) electrons. The molecule has 1 atom stereocenters. The van der Waals surface area contributed by atoms with E-state index in [9.17, 15) is 9.59 Å². The molecule has 1 aliphatic rings. The molecule has 0 heterocycles. The Morgan fingerprint density at radius 3 is 2.24 bits per heavy atom. The van der Waals surface area contributed by atoms with Crippen molar-refractivity contribution in [3.8, 4) is 17.2 Å². The Morgan fingerprint density at radius 1 is 1.03 bits per heavy atom. The van der Waals surface area contributed by atoms with Crippen molar-refractivity contribution in [2.45, 2.75) is 50.8 Å². The van der Waals surface area contributed by atoms with E-state index in [1.54, 1.807) is 12.1 Å². The van der Waals surface area contributed by atoms with Crippen LogP contribution < -0.4 is 24.8 Å². The number of rotatable bonds is 13. The maximum absolute atomic E-state index is 13.2. The Balaban J connectivity index is 1.73. The second-order valence-electron chi connectivity index (χ2n) is 10.0. The van der Waals surface area contributed by atoms with Crippen LogP contribution in [0, 0.1) is 6.92 Å². The monoisotopic (exact) mass is 527 g/mol. The molecular formula is C29H41N3O6. The van der Waals surface area contributed by atoms with Gasteiger partial charge in [0.05, 0.1) is 20.8 Å². The molecule has 208 valence electrons. The highest BCUT2D eigenvalue weighted by Gasteiger charge is 2.37. The lowest BCUT2D eigenvalue weighted by molar-refractivity contribution is -0.124. The molecule has 0 bridgehead atoms. The van der Waals surface area contributed by atoms with Crippen LogP contribution in [0.2, 0.25) is 0 Å². The van der Waals surface area contributed by atoms with Gasteiger partial charge in [-0.15, -0.1) is 0 Å². The molecule has 0 spiro atoms. The lowest BCUT2D eigenvalue weighted by Crippen LogP contribution is -2.55. The number of benzene rings is 2. The molecule has 9 heteroatoms. The van der Waals surface area contributed by atoms with E-state index >= 15 is 0 Å². The third kappa shape index (κ3) is 7.17. The van der Waals surface area contributed by atoms with Gasteiger partial charge >= 0.3 is 0 Å². The number of hydrogen-bond acceptors (Lipinski definition) is 7. The summed E-state index contributed by atoms with van der Waals surface area (Å²) in [5.74, 6) is 0.357. The van der Waals surface area contributed by atoms with Crippen LogP contribution in [0.25, 0.3) is 0 Å². The second kappa shape index (κ2) is 13.5. The standard InChI is InChI=1S/C29H41N3O6/c1-20-10-9-11-21(14-20)17-38-26-24(36-5)15-22(16-25(26)37-6)27(33)31-23(18-35-4)28(34)30-19-29(32(2)3)12-7-8-13-29/h9-11,14-16,23H,7-8,12-13,17-19H2,1-6H3,(H,30,34)(H,31,33)/t23-/m0/s1. The Kier molecular flexibility index (Phi) is 10.4. The highest BCUT2D eigenvalue weighted by Crippen LogP contribution is 2.39. The zero-order valence-electron chi connectivity index (χ0n) is 23.4. The number of hydrogen-bond donors (Lipinski definition) is 2. The molecule has 1 saturated carbocycles. The number of carbonyl (C=O) groups excluding carboxylic acids is 2. The van der Waals surface area contributed by atoms with Crippen LogP contribution in [0.3, 0.4) is 0 Å². The fourth-order valence-corrected chi connectivity index (χ4v) is 4.89. The Bertz CT molecular complexity index is 1070. The summed E-state index contributed by atoms with van der Waals surface area (Å²) >= 11 is 0. The largest absolute Gasteiger partial charge is 0.493 e. The van der Waals surface area contributed by atoms with E-state index in [-0.39, 0.29) is 23.6 Å². The molecule has 3 rings (SSSR count). The maximum Gasteiger partial charge on any atom is 0.252 e. The number of aryl methyl sites for hydroxylation is 1. The van der Waals surface area contributed by atoms with Crippen molar-refractivity contribution in [1.82, 2.24) is 15.5 Å². The summed E-state index contributed by atoms with van der Waals surface area (Å²) in [7, 11) is 8.58. The fraction of sp³-hybridized carbons (Fsp3) is 0.517. The SMILES string of the molecule is COC[C@H](NC(=O)c1cc(OC)c(OCc2cccc(C)c2)c(OC)c1)C(=O)NCC1(N(C)C)CCCC1. The average Bonchev–Trinajstić information content (AvgIpc) is 3.40. The first-order chi connectivity index (χ1) is 18.2. The maximum atomic E-state index is 13.2. The molecule has 1 fully saturated rings. The molecule has 0 aliphatic heterocycles. The molecule has 1 aliphatic carbocycles. The summed E-state index contributed by atoms with van der Waals surface area (Å²) in [5.41, 5.74) is 2.34. The van der Waals surface area contributed by atoms with E-state index in [4.69, 9.17) is 18.9 Å². The lowest BCUT2D eigenvalue weighted by Gasteiger charge is -2.36. The molecule has 2 amide bonds. The molecule has 0 saturated heterocycles. The van der Waals surface area contributed by atoms with Gasteiger partial charge in [0.25, 0.3) is 5.91 Å². The van der Waals surface area contributed by atoms with Crippen molar-refractivity contribution in [3.05, 3.63) is 53.1 Å². The van der Waals surface area contributed by atoms with Crippen molar-refractivity contribution in [2.24, 2.45) is 0 Å². The summed E-state index contributed by atoms with van der Waals surface area (Å²) < 4.78 is 22.3. The van der Waals surface area contributed by atoms with E-state index in [0.29, 0.717) is 30.4 Å². The second-order valence-corrected chi connectivity index (χ2v) is 10.0. The topological polar surface area (TPSA) is 98.4 Å². The molecule has 2 N–H and O–H groups in total. The predicted octanol–water partition coefficient (Wildman–Crippen LogP) is 3.33. The van der Waals surface area contributed by atoms with E-state index in [1.807, 2.05) is 45.3 Å². The summed E-state index contributed by atoms with van der Waals surface area (Å²) in [6.45, 7) is 2.89. The number of likely N-dealkylation sites (N-methyl/N-ethyl adjacent to an activating group) is 1. The summed E-state index contributed by atoms with van der Waals surface area (Å²) in [5, 5.41) is 5.83. The van der Waals surface area contributed by atoms with Crippen molar-refractivity contribution >= 4 is 11.8 Å². The number of amides is 2. The Hall–Kier alpha value is -3.30. The van der Waals surface area contributed by atoms with Crippen LogP contribution in [0.5, 0.6) is 17.2 Å². The van der Waals surface area contributed by atoms with Gasteiger partial charge in [0.15, 0.2) is 11.5 Å². The van der Waals surface area contributed by atoms with Gasteiger partial charge in [-0.1, -0.05) is 42.7 Å². The van der Waals surface area contributed by atoms with Gasteiger partial charge in [0, 0.05) is 24.8 Å². The number of methoxy groups -OCH3 is 3. The molecule has 9 nitrogen and oxygen atoms in total. The third-order valence-electron chi connectivity index (χ3n) is 7.22. The van der Waals surface area contributed by atoms with Gasteiger partial charge in [-0.25, -0.2) is 0 Å². The van der Waals surface area contributed by atoms with Gasteiger partial charge in [-0.2, -0.15) is 0 Å². The predicted molar refractivity (Wildman–Crippen MR) is 146 cm³/mol. The highest BCUT2D eigenvalue weighted by molar-refractivity contribution is 5.98. The molecule has 38 heavy (non-hydrogen) atoms. The van der Waals surface area contributed by atoms with Crippen molar-refractivity contribution < 1.29 is 28.5 Å². The van der Waals surface area contributed by atoms with Gasteiger partial charge in [0.2, 0.25) is 11.7 Å². The summed E-state index contributed by atoms with van der Waals surface area (Å²) in [6.07, 6.45) is 4.33. The van der Waals surface area contributed by atoms with Crippen LogP contribution in [-0.2, 0) is 16.1 Å². The van der Waals surface area contributed by atoms with Gasteiger partial charge in [-0.3, -0.25) is 9.59 Å². The first-order valence-corrected chi connectivity index (χ1v) is 12.9. The van der Waals surface area contributed by atoms with Crippen molar-refractivity contribution in [3.63, 3.8) is 0 Å². The molecule has 0 aromatic heterocycles. The van der Waals surface area contributed by atoms with Crippen LogP contribution >= 0.6 is 0 Å². The summed E-state index contributed by atoms with van der Waals surface area (Å²) in [4.78, 5) is 28.5. The minimum atomic E-state index is -0.859. The number of nitrogens with zero attached hydrogens (tertiary/aromatic N) is 1. The van der Waals surface area contributed by atoms with Crippen LogP contribution in [0.4, 0.5) is 0 Å². The van der Waals surface area contributed by atoms with Crippen LogP contribution in [0.15, 0.2) is 36.4 Å². The van der Waals surface area contributed by atoms with E-state index in [1.165, 1.54) is 21.3 Å². The van der Waals surface area contributed by atoms with E-state index < -0.39 is 11.9 Å². The van der Waals surface area contributed by atoms with Crippen molar-refractivity contribution in [1.29, 1.82) is 0 Å². The first kappa shape index (κ1) is 29.3. The molecular weight excluding hydrogens is 486 g/mol. The Labute approximate surface area is 225 Å². The Morgan fingerprint density at radius 2 is 1.68 bits per heavy atom. The van der Waals surface area contributed by atoms with Gasteiger partial charge in [0.1, 0.15) is 12.6 Å². The number of carbonyl (C=O) groups is 2. The van der Waals surface area contributed by atoms with E-state index in [0.717, 1.165) is 36.8 Å². The average molecular weight is 528 g/mol. The van der Waals surface area contributed by atoms with Crippen LogP contribution in [0.1, 0.15) is 47.2 Å². The zero-order valence-corrected chi connectivity index (χ0v) is 23.4. The molecule has 2 aromatic carbocycles. The normalized spacial score (nSPS) is 15.1. The first-order valence-electron chi connectivity index (χ1n) is 12.9. The minimum absolute atomic E-state index is 0.0402. The number of ether oxygens (including phenoxy) is 4. The highest BCUT2D eigenvalue weighted by atomic mass is 16.5. The zero-order chi connectivity index (χ0) is 27.7. The van der Waals surface area contributed by atoms with E-state index in [2.05, 4.69) is 15.5 Å². The minimum Gasteiger partial charge on any atom is -0.493 e. The molecule has 0 unspecified atom stereocenters.